The van der Waals surface area contributed by atoms with Gasteiger partial charge in [0, 0.05) is 29.8 Å². The second kappa shape index (κ2) is 7.34. The Kier molecular flexibility index (Phi) is 5.48. The molecule has 1 aromatic carbocycles. The Morgan fingerprint density at radius 3 is 2.24 bits per heavy atom. The van der Waals surface area contributed by atoms with Gasteiger partial charge in [0.25, 0.3) is 0 Å². The number of hydrazine groups is 1. The quantitative estimate of drug-likeness (QED) is 0.606. The highest BCUT2D eigenvalue weighted by Gasteiger charge is 2.36. The molecule has 0 amide bonds. The highest BCUT2D eigenvalue weighted by molar-refractivity contribution is 5.28. The number of benzene rings is 1. The molecule has 112 valence electrons. The van der Waals surface area contributed by atoms with Crippen molar-refractivity contribution in [3.8, 4) is 0 Å². The number of pyridine rings is 1. The van der Waals surface area contributed by atoms with Gasteiger partial charge in [-0.3, -0.25) is 16.3 Å². The van der Waals surface area contributed by atoms with Crippen molar-refractivity contribution in [1.82, 2.24) is 10.4 Å². The van der Waals surface area contributed by atoms with Crippen LogP contribution >= 0.6 is 0 Å². The van der Waals surface area contributed by atoms with Gasteiger partial charge in [0.15, 0.2) is 0 Å². The standard InChI is InChI=1S/C18H25N3/c1-3-18(4-2,15-10-6-5-7-11-15)17(21-19)14-16-12-8-9-13-20-16/h5-13,17,21H,3-4,14,19H2,1-2H3. The van der Waals surface area contributed by atoms with E-state index in [1.807, 2.05) is 18.3 Å². The van der Waals surface area contributed by atoms with Crippen molar-refractivity contribution in [2.45, 2.75) is 44.6 Å². The minimum absolute atomic E-state index is 0.0214. The second-order valence-corrected chi connectivity index (χ2v) is 5.47. The predicted octanol–water partition coefficient (Wildman–Crippen LogP) is 3.21. The second-order valence-electron chi connectivity index (χ2n) is 5.47. The normalized spacial score (nSPS) is 13.1. The first-order chi connectivity index (χ1) is 10.3. The van der Waals surface area contributed by atoms with Crippen molar-refractivity contribution >= 4 is 0 Å². The molecule has 2 aromatic rings. The van der Waals surface area contributed by atoms with Crippen molar-refractivity contribution in [2.75, 3.05) is 0 Å². The minimum atomic E-state index is 0.0214. The van der Waals surface area contributed by atoms with E-state index < -0.39 is 0 Å². The van der Waals surface area contributed by atoms with Gasteiger partial charge in [-0.15, -0.1) is 0 Å². The van der Waals surface area contributed by atoms with Crippen LogP contribution in [0.3, 0.4) is 0 Å². The molecule has 0 radical (unpaired) electrons. The van der Waals surface area contributed by atoms with Crippen molar-refractivity contribution in [3.05, 3.63) is 66.0 Å². The van der Waals surface area contributed by atoms with E-state index in [0.717, 1.165) is 25.0 Å². The van der Waals surface area contributed by atoms with E-state index in [9.17, 15) is 0 Å². The molecule has 1 atom stereocenters. The fraction of sp³-hybridized carbons (Fsp3) is 0.389. The molecule has 0 spiro atoms. The van der Waals surface area contributed by atoms with Crippen molar-refractivity contribution in [2.24, 2.45) is 5.84 Å². The van der Waals surface area contributed by atoms with Gasteiger partial charge in [-0.2, -0.15) is 0 Å². The Hall–Kier alpha value is -1.71. The molecule has 2 rings (SSSR count). The Bertz CT molecular complexity index is 521. The molecule has 0 aliphatic carbocycles. The van der Waals surface area contributed by atoms with Gasteiger partial charge >= 0.3 is 0 Å². The molecule has 0 fully saturated rings. The fourth-order valence-electron chi connectivity index (χ4n) is 3.26. The summed E-state index contributed by atoms with van der Waals surface area (Å²) in [5.41, 5.74) is 5.49. The van der Waals surface area contributed by atoms with E-state index in [2.05, 4.69) is 60.7 Å². The molecule has 0 aliphatic heterocycles. The Balaban J connectivity index is 2.35. The lowest BCUT2D eigenvalue weighted by Gasteiger charge is -2.40. The van der Waals surface area contributed by atoms with E-state index >= 15 is 0 Å². The van der Waals surface area contributed by atoms with Crippen LogP contribution in [0.15, 0.2) is 54.7 Å². The number of nitrogens with one attached hydrogen (secondary N) is 1. The maximum absolute atomic E-state index is 5.92. The van der Waals surface area contributed by atoms with Crippen LogP contribution in [0.25, 0.3) is 0 Å². The summed E-state index contributed by atoms with van der Waals surface area (Å²) in [5.74, 6) is 5.92. The van der Waals surface area contributed by atoms with Crippen molar-refractivity contribution < 1.29 is 0 Å². The van der Waals surface area contributed by atoms with E-state index in [1.165, 1.54) is 5.56 Å². The number of nitrogens with two attached hydrogens (primary N) is 1. The molecule has 1 aromatic heterocycles. The third-order valence-corrected chi connectivity index (χ3v) is 4.62. The molecule has 21 heavy (non-hydrogen) atoms. The number of aromatic nitrogens is 1. The molecule has 3 heteroatoms. The van der Waals surface area contributed by atoms with E-state index in [0.29, 0.717) is 0 Å². The van der Waals surface area contributed by atoms with E-state index in [1.54, 1.807) is 0 Å². The first kappa shape index (κ1) is 15.7. The van der Waals surface area contributed by atoms with Gasteiger partial charge in [-0.25, -0.2) is 0 Å². The first-order valence-corrected chi connectivity index (χ1v) is 7.68. The minimum Gasteiger partial charge on any atom is -0.271 e. The average molecular weight is 283 g/mol. The fourth-order valence-corrected chi connectivity index (χ4v) is 3.26. The number of nitrogens with zero attached hydrogens (tertiary/aromatic N) is 1. The summed E-state index contributed by atoms with van der Waals surface area (Å²) in [7, 11) is 0. The molecular formula is C18H25N3. The van der Waals surface area contributed by atoms with Gasteiger partial charge in [0.1, 0.15) is 0 Å². The van der Waals surface area contributed by atoms with Crippen molar-refractivity contribution in [3.63, 3.8) is 0 Å². The summed E-state index contributed by atoms with van der Waals surface area (Å²) >= 11 is 0. The largest absolute Gasteiger partial charge is 0.271 e. The summed E-state index contributed by atoms with van der Waals surface area (Å²) in [6.07, 6.45) is 4.74. The molecule has 3 N–H and O–H groups in total. The number of rotatable bonds is 7. The molecule has 3 nitrogen and oxygen atoms in total. The summed E-state index contributed by atoms with van der Waals surface area (Å²) < 4.78 is 0. The monoisotopic (exact) mass is 283 g/mol. The maximum Gasteiger partial charge on any atom is 0.0419 e. The van der Waals surface area contributed by atoms with Crippen LogP contribution in [0, 0.1) is 0 Å². The maximum atomic E-state index is 5.92. The van der Waals surface area contributed by atoms with Crippen LogP contribution in [0.5, 0.6) is 0 Å². The number of hydrogen-bond acceptors (Lipinski definition) is 3. The topological polar surface area (TPSA) is 50.9 Å². The van der Waals surface area contributed by atoms with Gasteiger partial charge in [0.2, 0.25) is 0 Å². The molecule has 1 unspecified atom stereocenters. The SMILES string of the molecule is CCC(CC)(c1ccccc1)C(Cc1ccccn1)NN. The molecule has 0 saturated carbocycles. The summed E-state index contributed by atoms with van der Waals surface area (Å²) in [6, 6.07) is 16.9. The predicted molar refractivity (Wildman–Crippen MR) is 87.8 cm³/mol. The van der Waals surface area contributed by atoms with Gasteiger partial charge < -0.3 is 0 Å². The lowest BCUT2D eigenvalue weighted by atomic mass is 9.69. The summed E-state index contributed by atoms with van der Waals surface area (Å²) in [6.45, 7) is 4.47. The lowest BCUT2D eigenvalue weighted by Crippen LogP contribution is -2.52. The Morgan fingerprint density at radius 2 is 1.71 bits per heavy atom. The van der Waals surface area contributed by atoms with Crippen LogP contribution in [0.4, 0.5) is 0 Å². The summed E-state index contributed by atoms with van der Waals surface area (Å²) in [4.78, 5) is 4.45. The molecular weight excluding hydrogens is 258 g/mol. The van der Waals surface area contributed by atoms with Crippen LogP contribution in [-0.4, -0.2) is 11.0 Å². The molecule has 0 saturated heterocycles. The molecule has 1 heterocycles. The van der Waals surface area contributed by atoms with Crippen LogP contribution in [0.2, 0.25) is 0 Å². The zero-order valence-electron chi connectivity index (χ0n) is 12.9. The zero-order chi connectivity index (χ0) is 15.1. The first-order valence-electron chi connectivity index (χ1n) is 7.68. The average Bonchev–Trinajstić information content (AvgIpc) is 2.57. The van der Waals surface area contributed by atoms with Crippen LogP contribution in [0.1, 0.15) is 37.9 Å². The lowest BCUT2D eigenvalue weighted by molar-refractivity contribution is 0.269. The highest BCUT2D eigenvalue weighted by atomic mass is 15.2. The van der Waals surface area contributed by atoms with Gasteiger partial charge in [-0.05, 0) is 30.5 Å². The van der Waals surface area contributed by atoms with Gasteiger partial charge in [0.05, 0.1) is 0 Å². The Morgan fingerprint density at radius 1 is 1.05 bits per heavy atom. The molecule has 0 aliphatic rings. The van der Waals surface area contributed by atoms with Crippen LogP contribution in [-0.2, 0) is 11.8 Å². The smallest absolute Gasteiger partial charge is 0.0419 e. The number of hydrogen-bond donors (Lipinski definition) is 2. The van der Waals surface area contributed by atoms with E-state index in [4.69, 9.17) is 5.84 Å². The third-order valence-electron chi connectivity index (χ3n) is 4.62. The molecule has 0 bridgehead atoms. The highest BCUT2D eigenvalue weighted by Crippen LogP contribution is 2.36. The van der Waals surface area contributed by atoms with Gasteiger partial charge in [-0.1, -0.05) is 50.2 Å². The van der Waals surface area contributed by atoms with Crippen molar-refractivity contribution in [1.29, 1.82) is 0 Å². The Labute approximate surface area is 127 Å². The van der Waals surface area contributed by atoms with Crippen LogP contribution < -0.4 is 11.3 Å². The summed E-state index contributed by atoms with van der Waals surface area (Å²) in [5, 5.41) is 0. The zero-order valence-corrected chi connectivity index (χ0v) is 12.9. The third kappa shape index (κ3) is 3.31. The van der Waals surface area contributed by atoms with E-state index in [-0.39, 0.29) is 11.5 Å².